The number of aromatic nitrogens is 1. The fourth-order valence-corrected chi connectivity index (χ4v) is 4.77. The van der Waals surface area contributed by atoms with Gasteiger partial charge in [-0.3, -0.25) is 4.79 Å². The molecule has 2 aliphatic rings. The van der Waals surface area contributed by atoms with Gasteiger partial charge in [-0.1, -0.05) is 32.0 Å². The van der Waals surface area contributed by atoms with Crippen LogP contribution in [0.4, 0.5) is 5.82 Å². The summed E-state index contributed by atoms with van der Waals surface area (Å²) >= 11 is 0. The van der Waals surface area contributed by atoms with Crippen molar-refractivity contribution in [3.8, 4) is 0 Å². The molecule has 1 saturated carbocycles. The van der Waals surface area contributed by atoms with Crippen LogP contribution < -0.4 is 10.6 Å². The molecular formula is C19H23N3O2. The number of amides is 1. The molecule has 0 bridgehead atoms. The summed E-state index contributed by atoms with van der Waals surface area (Å²) in [6.45, 7) is 5.33. The number of primary amides is 1. The van der Waals surface area contributed by atoms with E-state index in [0.717, 1.165) is 29.7 Å². The SMILES string of the molecule is CN(c1cc(C(N)=O)c2ccccc2n1)[C@@H]1[C@H]2CCO[C@H]2C1(C)C. The van der Waals surface area contributed by atoms with Crippen LogP contribution >= 0.6 is 0 Å². The maximum absolute atomic E-state index is 11.9. The van der Waals surface area contributed by atoms with E-state index in [4.69, 9.17) is 15.5 Å². The number of ether oxygens (including phenoxy) is 1. The highest BCUT2D eigenvalue weighted by atomic mass is 16.5. The summed E-state index contributed by atoms with van der Waals surface area (Å²) in [7, 11) is 2.06. The first-order valence-corrected chi connectivity index (χ1v) is 8.45. The van der Waals surface area contributed by atoms with Gasteiger partial charge in [-0.2, -0.15) is 0 Å². The van der Waals surface area contributed by atoms with Crippen molar-refractivity contribution in [1.29, 1.82) is 0 Å². The third-order valence-corrected chi connectivity index (χ3v) is 5.79. The maximum atomic E-state index is 11.9. The zero-order chi connectivity index (χ0) is 17.1. The van der Waals surface area contributed by atoms with Crippen LogP contribution in [0.1, 0.15) is 30.6 Å². The van der Waals surface area contributed by atoms with Crippen molar-refractivity contribution in [2.24, 2.45) is 17.1 Å². The minimum absolute atomic E-state index is 0.0656. The lowest BCUT2D eigenvalue weighted by molar-refractivity contribution is -0.101. The molecule has 0 spiro atoms. The molecule has 4 rings (SSSR count). The van der Waals surface area contributed by atoms with Gasteiger partial charge in [-0.15, -0.1) is 0 Å². The van der Waals surface area contributed by atoms with E-state index in [2.05, 4.69) is 25.8 Å². The fraction of sp³-hybridized carbons (Fsp3) is 0.474. The summed E-state index contributed by atoms with van der Waals surface area (Å²) in [6.07, 6.45) is 1.40. The molecule has 2 aromatic rings. The number of carbonyl (C=O) groups is 1. The second-order valence-electron chi connectivity index (χ2n) is 7.53. The van der Waals surface area contributed by atoms with Gasteiger partial charge in [0.25, 0.3) is 0 Å². The number of para-hydroxylation sites is 1. The second-order valence-corrected chi connectivity index (χ2v) is 7.53. The standard InChI is InChI=1S/C19H23N3O2/c1-19(2)16(12-8-9-24-17(12)19)22(3)15-10-13(18(20)23)11-6-4-5-7-14(11)21-15/h4-7,10,12,16-17H,8-9H2,1-3H3,(H2,20,23)/t12-,16-,17-/m1/s1. The Morgan fingerprint density at radius 1 is 1.38 bits per heavy atom. The van der Waals surface area contributed by atoms with Crippen LogP contribution in [-0.2, 0) is 4.74 Å². The van der Waals surface area contributed by atoms with E-state index < -0.39 is 5.91 Å². The van der Waals surface area contributed by atoms with Crippen molar-refractivity contribution in [2.45, 2.75) is 32.4 Å². The monoisotopic (exact) mass is 325 g/mol. The Hall–Kier alpha value is -2.14. The van der Waals surface area contributed by atoms with E-state index in [1.54, 1.807) is 0 Å². The van der Waals surface area contributed by atoms with Gasteiger partial charge in [0.15, 0.2) is 0 Å². The van der Waals surface area contributed by atoms with Gasteiger partial charge in [-0.05, 0) is 18.6 Å². The summed E-state index contributed by atoms with van der Waals surface area (Å²) in [6, 6.07) is 9.81. The first-order valence-electron chi connectivity index (χ1n) is 8.45. The van der Waals surface area contributed by atoms with Crippen molar-refractivity contribution >= 4 is 22.6 Å². The number of rotatable bonds is 3. The lowest BCUT2D eigenvalue weighted by Gasteiger charge is -2.58. The lowest BCUT2D eigenvalue weighted by atomic mass is 9.57. The molecule has 1 aromatic carbocycles. The van der Waals surface area contributed by atoms with Crippen molar-refractivity contribution < 1.29 is 9.53 Å². The Kier molecular flexibility index (Phi) is 3.32. The molecule has 0 radical (unpaired) electrons. The second kappa shape index (κ2) is 5.18. The number of hydrogen-bond acceptors (Lipinski definition) is 4. The molecule has 5 heteroatoms. The van der Waals surface area contributed by atoms with E-state index in [-0.39, 0.29) is 5.41 Å². The highest BCUT2D eigenvalue weighted by molar-refractivity contribution is 6.06. The predicted octanol–water partition coefficient (Wildman–Crippen LogP) is 2.58. The molecule has 0 unspecified atom stereocenters. The smallest absolute Gasteiger partial charge is 0.249 e. The van der Waals surface area contributed by atoms with Gasteiger partial charge in [-0.25, -0.2) is 4.98 Å². The van der Waals surface area contributed by atoms with Crippen LogP contribution in [0, 0.1) is 11.3 Å². The van der Waals surface area contributed by atoms with E-state index in [1.807, 2.05) is 30.3 Å². The Bertz CT molecular complexity index is 817. The van der Waals surface area contributed by atoms with Gasteiger partial charge in [0.1, 0.15) is 5.82 Å². The first-order chi connectivity index (χ1) is 11.4. The van der Waals surface area contributed by atoms with Crippen molar-refractivity contribution in [3.05, 3.63) is 35.9 Å². The van der Waals surface area contributed by atoms with Gasteiger partial charge in [0.05, 0.1) is 17.2 Å². The van der Waals surface area contributed by atoms with Crippen LogP contribution in [0.3, 0.4) is 0 Å². The number of carbonyl (C=O) groups excluding carboxylic acids is 1. The molecule has 1 saturated heterocycles. The summed E-state index contributed by atoms with van der Waals surface area (Å²) in [4.78, 5) is 18.9. The van der Waals surface area contributed by atoms with Crippen LogP contribution in [0.2, 0.25) is 0 Å². The van der Waals surface area contributed by atoms with E-state index >= 15 is 0 Å². The zero-order valence-corrected chi connectivity index (χ0v) is 14.3. The van der Waals surface area contributed by atoms with E-state index in [0.29, 0.717) is 23.6 Å². The number of hydrogen-bond donors (Lipinski definition) is 1. The minimum Gasteiger partial charge on any atom is -0.377 e. The number of nitrogens with zero attached hydrogens (tertiary/aromatic N) is 2. The third kappa shape index (κ3) is 2.04. The lowest BCUT2D eigenvalue weighted by Crippen LogP contribution is -2.66. The third-order valence-electron chi connectivity index (χ3n) is 5.79. The number of benzene rings is 1. The van der Waals surface area contributed by atoms with Crippen LogP contribution in [0.5, 0.6) is 0 Å². The summed E-state index contributed by atoms with van der Waals surface area (Å²) in [5.74, 6) is 0.902. The molecular weight excluding hydrogens is 302 g/mol. The average Bonchev–Trinajstić information content (AvgIpc) is 2.99. The Morgan fingerprint density at radius 2 is 2.12 bits per heavy atom. The average molecular weight is 325 g/mol. The topological polar surface area (TPSA) is 68.5 Å². The normalized spacial score (nSPS) is 27.5. The quantitative estimate of drug-likeness (QED) is 0.942. The van der Waals surface area contributed by atoms with Gasteiger partial charge in [0, 0.05) is 36.4 Å². The van der Waals surface area contributed by atoms with Gasteiger partial charge < -0.3 is 15.4 Å². The van der Waals surface area contributed by atoms with Crippen LogP contribution in [0.25, 0.3) is 10.9 Å². The number of nitrogens with two attached hydrogens (primary N) is 1. The molecule has 126 valence electrons. The van der Waals surface area contributed by atoms with Gasteiger partial charge >= 0.3 is 0 Å². The Labute approximate surface area is 141 Å². The van der Waals surface area contributed by atoms with Crippen LogP contribution in [-0.4, -0.2) is 36.7 Å². The first kappa shape index (κ1) is 15.4. The number of anilines is 1. The molecule has 1 aliphatic heterocycles. The molecule has 2 N–H and O–H groups in total. The number of pyridine rings is 1. The summed E-state index contributed by atoms with van der Waals surface area (Å²) < 4.78 is 5.89. The Balaban J connectivity index is 1.77. The maximum Gasteiger partial charge on any atom is 0.249 e. The van der Waals surface area contributed by atoms with Crippen molar-refractivity contribution in [2.75, 3.05) is 18.6 Å². The zero-order valence-electron chi connectivity index (χ0n) is 14.3. The highest BCUT2D eigenvalue weighted by Gasteiger charge is 2.61. The molecule has 2 fully saturated rings. The molecule has 5 nitrogen and oxygen atoms in total. The molecule has 2 heterocycles. The summed E-state index contributed by atoms with van der Waals surface area (Å²) in [5, 5.41) is 0.803. The van der Waals surface area contributed by atoms with Crippen molar-refractivity contribution in [3.63, 3.8) is 0 Å². The Morgan fingerprint density at radius 3 is 2.88 bits per heavy atom. The van der Waals surface area contributed by atoms with E-state index in [1.165, 1.54) is 0 Å². The molecule has 1 aromatic heterocycles. The molecule has 24 heavy (non-hydrogen) atoms. The van der Waals surface area contributed by atoms with Crippen LogP contribution in [0.15, 0.2) is 30.3 Å². The molecule has 1 amide bonds. The minimum atomic E-state index is -0.418. The van der Waals surface area contributed by atoms with E-state index in [9.17, 15) is 4.79 Å². The number of fused-ring (bicyclic) bond motifs is 2. The predicted molar refractivity (Wildman–Crippen MR) is 94.1 cm³/mol. The van der Waals surface area contributed by atoms with Gasteiger partial charge in [0.2, 0.25) is 5.91 Å². The molecule has 1 aliphatic carbocycles. The largest absolute Gasteiger partial charge is 0.377 e. The highest BCUT2D eigenvalue weighted by Crippen LogP contribution is 2.54. The van der Waals surface area contributed by atoms with Crippen molar-refractivity contribution in [1.82, 2.24) is 4.98 Å². The summed E-state index contributed by atoms with van der Waals surface area (Å²) in [5.41, 5.74) is 7.00. The molecule has 3 atom stereocenters. The fourth-order valence-electron chi connectivity index (χ4n) is 4.77.